The van der Waals surface area contributed by atoms with Crippen LogP contribution in [0.4, 0.5) is 8.78 Å². The molecular weight excluding hydrogens is 606 g/mol. The fourth-order valence-electron chi connectivity index (χ4n) is 4.83. The molecule has 0 aliphatic carbocycles. The second-order valence-electron chi connectivity index (χ2n) is 12.0. The Morgan fingerprint density at radius 3 is 1.56 bits per heavy atom. The first-order valence-corrected chi connectivity index (χ1v) is 15.3. The number of nitrogens with two attached hydrogens (primary N) is 2. The summed E-state index contributed by atoms with van der Waals surface area (Å²) < 4.78 is 27.0. The van der Waals surface area contributed by atoms with Crippen LogP contribution < -0.4 is 16.8 Å². The highest BCUT2D eigenvalue weighted by atomic mass is 19.1. The Morgan fingerprint density at radius 1 is 0.750 bits per heavy atom. The van der Waals surface area contributed by atoms with Gasteiger partial charge in [-0.05, 0) is 129 Å². The molecule has 1 aliphatic rings. The van der Waals surface area contributed by atoms with Gasteiger partial charge in [-0.15, -0.1) is 0 Å². The zero-order valence-electron chi connectivity index (χ0n) is 28.0. The molecule has 1 aliphatic heterocycles. The van der Waals surface area contributed by atoms with E-state index in [1.807, 2.05) is 44.2 Å². The molecule has 48 heavy (non-hydrogen) atoms. The molecule has 8 heteroatoms. The normalized spacial score (nSPS) is 11.4. The van der Waals surface area contributed by atoms with Gasteiger partial charge >= 0.3 is 0 Å². The fraction of sp³-hybridized carbons (Fsp3) is 0.350. The Kier molecular flexibility index (Phi) is 19.0. The monoisotopic (exact) mass is 662 g/mol. The number of amidine groups is 1. The van der Waals surface area contributed by atoms with E-state index >= 15 is 0 Å². The van der Waals surface area contributed by atoms with Crippen molar-refractivity contribution in [1.82, 2.24) is 5.32 Å². The molecule has 0 bridgehead atoms. The highest BCUT2D eigenvalue weighted by Gasteiger charge is 2.17. The number of halogens is 2. The largest absolute Gasteiger partial charge is 0.391 e. The summed E-state index contributed by atoms with van der Waals surface area (Å²) in [5.41, 5.74) is 18.8. The van der Waals surface area contributed by atoms with Crippen molar-refractivity contribution in [2.75, 3.05) is 26.2 Å². The lowest BCUT2D eigenvalue weighted by atomic mass is 9.92. The molecule has 0 atom stereocenters. The smallest absolute Gasteiger partial charge is 0.150 e. The highest BCUT2D eigenvalue weighted by molar-refractivity contribution is 6.05. The minimum atomic E-state index is -0.500. The molecule has 4 aromatic carbocycles. The molecule has 0 spiro atoms. The number of carbonyl (C=O) groups excluding carboxylic acids is 1. The SMILES string of the molecule is C.C.CC(C)(C)O.Cc1cccc(C)c1-c1cc(F)ccc1C1=NCCN1.Cc1cccc(C)c1-c1cc(F)ccc1C=O.NCCN. The van der Waals surface area contributed by atoms with Crippen LogP contribution in [0.5, 0.6) is 0 Å². The third-order valence-corrected chi connectivity index (χ3v) is 6.72. The standard InChI is InChI=1S/C17H17FN2.C15H13FO.C4H10O.C2H8N2.2CH4/c1-11-4-3-5-12(2)16(11)15-10-13(18)6-7-14(15)17-19-8-9-20-17;1-10-4-3-5-11(2)15(10)14-8-13(16)7-6-12(14)9-17;1-4(2,3)5;3-1-2-4;;/h3-7,10H,8-9H2,1-2H3,(H,19,20);3-9H,1-2H3;5H,1-3H3;1-4H2;2*1H4. The second kappa shape index (κ2) is 20.9. The number of rotatable bonds is 5. The quantitative estimate of drug-likeness (QED) is 0.161. The Labute approximate surface area is 287 Å². The van der Waals surface area contributed by atoms with Crippen LogP contribution in [0.3, 0.4) is 0 Å². The van der Waals surface area contributed by atoms with Gasteiger partial charge in [0.1, 0.15) is 17.5 Å². The van der Waals surface area contributed by atoms with Crippen molar-refractivity contribution in [1.29, 1.82) is 0 Å². The lowest BCUT2D eigenvalue weighted by molar-refractivity contribution is 0.102. The number of benzene rings is 4. The molecule has 262 valence electrons. The average Bonchev–Trinajstić information content (AvgIpc) is 3.52. The summed E-state index contributed by atoms with van der Waals surface area (Å²) in [6, 6.07) is 21.2. The lowest BCUT2D eigenvalue weighted by Gasteiger charge is -2.15. The minimum absolute atomic E-state index is 0. The van der Waals surface area contributed by atoms with Gasteiger partial charge in [-0.3, -0.25) is 9.79 Å². The van der Waals surface area contributed by atoms with Crippen LogP contribution in [-0.2, 0) is 0 Å². The molecule has 4 aromatic rings. The first-order chi connectivity index (χ1) is 21.7. The number of aldehydes is 1. The molecule has 0 saturated carbocycles. The molecule has 0 aromatic heterocycles. The number of carbonyl (C=O) groups is 1. The summed E-state index contributed by atoms with van der Waals surface area (Å²) in [5, 5.41) is 11.8. The van der Waals surface area contributed by atoms with E-state index in [4.69, 9.17) is 16.6 Å². The third-order valence-electron chi connectivity index (χ3n) is 6.72. The highest BCUT2D eigenvalue weighted by Crippen LogP contribution is 2.32. The molecule has 0 fully saturated rings. The molecule has 0 unspecified atom stereocenters. The van der Waals surface area contributed by atoms with E-state index in [9.17, 15) is 13.6 Å². The van der Waals surface area contributed by atoms with E-state index in [1.54, 1.807) is 26.8 Å². The molecule has 0 saturated heterocycles. The van der Waals surface area contributed by atoms with Gasteiger partial charge in [-0.25, -0.2) is 8.78 Å². The van der Waals surface area contributed by atoms with Gasteiger partial charge in [0, 0.05) is 30.8 Å². The van der Waals surface area contributed by atoms with E-state index < -0.39 is 5.60 Å². The average molecular weight is 663 g/mol. The first-order valence-electron chi connectivity index (χ1n) is 15.3. The maximum absolute atomic E-state index is 13.7. The number of nitrogens with zero attached hydrogens (tertiary/aromatic N) is 1. The van der Waals surface area contributed by atoms with Crippen LogP contribution in [0, 0.1) is 39.3 Å². The lowest BCUT2D eigenvalue weighted by Crippen LogP contribution is -2.20. The topological polar surface area (TPSA) is 114 Å². The molecule has 0 amide bonds. The van der Waals surface area contributed by atoms with Gasteiger partial charge in [0.2, 0.25) is 0 Å². The number of aryl methyl sites for hydroxylation is 4. The van der Waals surface area contributed by atoms with E-state index in [1.165, 1.54) is 24.3 Å². The van der Waals surface area contributed by atoms with Crippen LogP contribution in [0.1, 0.15) is 73.8 Å². The predicted molar refractivity (Wildman–Crippen MR) is 201 cm³/mol. The third kappa shape index (κ3) is 13.5. The van der Waals surface area contributed by atoms with Gasteiger partial charge in [0.15, 0.2) is 6.29 Å². The second-order valence-corrected chi connectivity index (χ2v) is 12.0. The van der Waals surface area contributed by atoms with Crippen molar-refractivity contribution >= 4 is 12.1 Å². The number of aliphatic imine (C=N–C) groups is 1. The molecular formula is C40H56F2N4O2. The van der Waals surface area contributed by atoms with Crippen molar-refractivity contribution in [2.24, 2.45) is 16.5 Å². The summed E-state index contributed by atoms with van der Waals surface area (Å²) in [7, 11) is 0. The number of aliphatic hydroxyl groups is 1. The molecule has 6 nitrogen and oxygen atoms in total. The number of hydrogen-bond donors (Lipinski definition) is 4. The van der Waals surface area contributed by atoms with Crippen LogP contribution in [-0.4, -0.2) is 49.0 Å². The van der Waals surface area contributed by atoms with Crippen molar-refractivity contribution < 1.29 is 18.7 Å². The Bertz CT molecular complexity index is 1580. The van der Waals surface area contributed by atoms with Crippen LogP contribution in [0.25, 0.3) is 22.3 Å². The molecule has 1 heterocycles. The zero-order valence-corrected chi connectivity index (χ0v) is 28.0. The molecule has 5 rings (SSSR count). The van der Waals surface area contributed by atoms with Crippen molar-refractivity contribution in [2.45, 2.75) is 68.9 Å². The van der Waals surface area contributed by atoms with Crippen molar-refractivity contribution in [3.05, 3.63) is 118 Å². The summed E-state index contributed by atoms with van der Waals surface area (Å²) in [6.07, 6.45) is 0.765. The van der Waals surface area contributed by atoms with E-state index in [2.05, 4.69) is 36.3 Å². The maximum Gasteiger partial charge on any atom is 0.150 e. The molecule has 6 N–H and O–H groups in total. The minimum Gasteiger partial charge on any atom is -0.391 e. The van der Waals surface area contributed by atoms with E-state index in [0.717, 1.165) is 69.7 Å². The Hall–Kier alpha value is -4.24. The fourth-order valence-corrected chi connectivity index (χ4v) is 4.83. The number of nitrogens with one attached hydrogen (secondary N) is 1. The zero-order chi connectivity index (χ0) is 34.4. The summed E-state index contributed by atoms with van der Waals surface area (Å²) >= 11 is 0. The van der Waals surface area contributed by atoms with Gasteiger partial charge in [0.25, 0.3) is 0 Å². The van der Waals surface area contributed by atoms with Gasteiger partial charge in [-0.1, -0.05) is 51.3 Å². The van der Waals surface area contributed by atoms with Gasteiger partial charge < -0.3 is 21.9 Å². The first kappa shape index (κ1) is 43.8. The van der Waals surface area contributed by atoms with E-state index in [0.29, 0.717) is 24.2 Å². The van der Waals surface area contributed by atoms with Crippen molar-refractivity contribution in [3.63, 3.8) is 0 Å². The Morgan fingerprint density at radius 2 is 1.17 bits per heavy atom. The molecule has 0 radical (unpaired) electrons. The van der Waals surface area contributed by atoms with Crippen LogP contribution >= 0.6 is 0 Å². The van der Waals surface area contributed by atoms with Crippen LogP contribution in [0.15, 0.2) is 77.8 Å². The van der Waals surface area contributed by atoms with E-state index in [-0.39, 0.29) is 26.5 Å². The van der Waals surface area contributed by atoms with Crippen molar-refractivity contribution in [3.8, 4) is 22.3 Å². The van der Waals surface area contributed by atoms with Gasteiger partial charge in [0.05, 0.1) is 12.1 Å². The van der Waals surface area contributed by atoms with Crippen LogP contribution in [0.2, 0.25) is 0 Å². The summed E-state index contributed by atoms with van der Waals surface area (Å²) in [6.45, 7) is 16.1. The van der Waals surface area contributed by atoms with Gasteiger partial charge in [-0.2, -0.15) is 0 Å². The predicted octanol–water partition coefficient (Wildman–Crippen LogP) is 8.33. The Balaban J connectivity index is 0.000000718. The summed E-state index contributed by atoms with van der Waals surface area (Å²) in [4.78, 5) is 15.5. The number of hydrogen-bond acceptors (Lipinski definition) is 6. The maximum atomic E-state index is 13.7. The summed E-state index contributed by atoms with van der Waals surface area (Å²) in [5.74, 6) is 0.320.